The second kappa shape index (κ2) is 4.71. The Bertz CT molecular complexity index is 268. The smallest absolute Gasteiger partial charge is 0.365 e. The van der Waals surface area contributed by atoms with E-state index in [0.29, 0.717) is 5.33 Å². The summed E-state index contributed by atoms with van der Waals surface area (Å²) in [6, 6.07) is 1.43. The molecule has 0 fully saturated rings. The van der Waals surface area contributed by atoms with Crippen LogP contribution in [0.2, 0.25) is 0 Å². The fraction of sp³-hybridized carbons (Fsp3) is 0.143. The van der Waals surface area contributed by atoms with Crippen molar-refractivity contribution in [2.75, 3.05) is 5.33 Å². The van der Waals surface area contributed by atoms with Crippen molar-refractivity contribution in [1.29, 1.82) is 0 Å². The molecule has 1 heterocycles. The first-order valence-corrected chi connectivity index (χ1v) is 4.29. The van der Waals surface area contributed by atoms with Crippen molar-refractivity contribution >= 4 is 21.9 Å². The second-order valence-corrected chi connectivity index (χ2v) is 2.46. The van der Waals surface area contributed by atoms with Crippen molar-refractivity contribution in [3.63, 3.8) is 0 Å². The summed E-state index contributed by atoms with van der Waals surface area (Å²) in [4.78, 5) is 11.0. The summed E-state index contributed by atoms with van der Waals surface area (Å²) < 4.78 is 9.11. The standard InChI is InChI=1S/C7H6BrNO3/c8-3-1-4-11-7(10)6-2-5-12-9-6/h1-2,4-5H,3H2/b4-1-. The summed E-state index contributed by atoms with van der Waals surface area (Å²) in [6.07, 6.45) is 4.26. The third kappa shape index (κ3) is 2.50. The number of hydrogen-bond acceptors (Lipinski definition) is 4. The molecule has 12 heavy (non-hydrogen) atoms. The van der Waals surface area contributed by atoms with Crippen LogP contribution in [0, 0.1) is 0 Å². The van der Waals surface area contributed by atoms with E-state index < -0.39 is 5.97 Å². The highest BCUT2D eigenvalue weighted by atomic mass is 79.9. The van der Waals surface area contributed by atoms with Gasteiger partial charge in [0.05, 0.1) is 6.26 Å². The maximum absolute atomic E-state index is 11.0. The molecule has 0 aliphatic carbocycles. The minimum Gasteiger partial charge on any atom is -0.430 e. The summed E-state index contributed by atoms with van der Waals surface area (Å²) in [5, 5.41) is 4.04. The molecule has 0 radical (unpaired) electrons. The molecule has 1 aromatic rings. The first-order chi connectivity index (χ1) is 5.84. The lowest BCUT2D eigenvalue weighted by molar-refractivity contribution is 0.0651. The van der Waals surface area contributed by atoms with Gasteiger partial charge in [-0.05, 0) is 6.08 Å². The molecule has 0 atom stereocenters. The fourth-order valence-corrected chi connectivity index (χ4v) is 0.677. The van der Waals surface area contributed by atoms with E-state index in [2.05, 4.69) is 30.3 Å². The van der Waals surface area contributed by atoms with E-state index in [1.165, 1.54) is 18.6 Å². The van der Waals surface area contributed by atoms with E-state index in [1.54, 1.807) is 6.08 Å². The second-order valence-electron chi connectivity index (χ2n) is 1.82. The molecule has 5 heteroatoms. The molecule has 0 saturated heterocycles. The molecule has 1 aromatic heterocycles. The number of alkyl halides is 1. The number of nitrogens with zero attached hydrogens (tertiary/aromatic N) is 1. The van der Waals surface area contributed by atoms with Crippen molar-refractivity contribution in [2.45, 2.75) is 0 Å². The van der Waals surface area contributed by atoms with E-state index >= 15 is 0 Å². The Morgan fingerprint density at radius 1 is 1.83 bits per heavy atom. The number of carbonyl (C=O) groups is 1. The molecule has 0 unspecified atom stereocenters. The van der Waals surface area contributed by atoms with Gasteiger partial charge in [-0.15, -0.1) is 0 Å². The van der Waals surface area contributed by atoms with Gasteiger partial charge in [0.15, 0.2) is 5.69 Å². The van der Waals surface area contributed by atoms with Gasteiger partial charge < -0.3 is 9.26 Å². The van der Waals surface area contributed by atoms with Crippen molar-refractivity contribution in [2.24, 2.45) is 0 Å². The van der Waals surface area contributed by atoms with Crippen molar-refractivity contribution in [1.82, 2.24) is 5.16 Å². The summed E-state index contributed by atoms with van der Waals surface area (Å²) in [5.41, 5.74) is 0.161. The van der Waals surface area contributed by atoms with Gasteiger partial charge in [-0.2, -0.15) is 0 Å². The van der Waals surface area contributed by atoms with Gasteiger partial charge >= 0.3 is 5.97 Å². The van der Waals surface area contributed by atoms with Gasteiger partial charge in [0, 0.05) is 11.4 Å². The average Bonchev–Trinajstić information content (AvgIpc) is 2.56. The number of ether oxygens (including phenoxy) is 1. The van der Waals surface area contributed by atoms with Crippen LogP contribution in [0.5, 0.6) is 0 Å². The van der Waals surface area contributed by atoms with Crippen LogP contribution < -0.4 is 0 Å². The lowest BCUT2D eigenvalue weighted by atomic mass is 10.4. The number of esters is 1. The molecule has 0 aromatic carbocycles. The van der Waals surface area contributed by atoms with Crippen molar-refractivity contribution < 1.29 is 14.1 Å². The predicted molar refractivity (Wildman–Crippen MR) is 44.9 cm³/mol. The van der Waals surface area contributed by atoms with Crippen LogP contribution in [0.1, 0.15) is 10.5 Å². The third-order valence-corrected chi connectivity index (χ3v) is 1.38. The zero-order valence-corrected chi connectivity index (χ0v) is 7.65. The zero-order valence-electron chi connectivity index (χ0n) is 6.07. The highest BCUT2D eigenvalue weighted by Gasteiger charge is 2.07. The molecular formula is C7H6BrNO3. The highest BCUT2D eigenvalue weighted by molar-refractivity contribution is 9.09. The normalized spacial score (nSPS) is 10.4. The SMILES string of the molecule is O=C(O/C=C\CBr)c1ccon1. The van der Waals surface area contributed by atoms with Crippen LogP contribution in [0.25, 0.3) is 0 Å². The summed E-state index contributed by atoms with van der Waals surface area (Å²) in [6.45, 7) is 0. The first kappa shape index (κ1) is 8.99. The Labute approximate surface area is 77.3 Å². The van der Waals surface area contributed by atoms with Crippen LogP contribution in [0.3, 0.4) is 0 Å². The largest absolute Gasteiger partial charge is 0.430 e. The summed E-state index contributed by atoms with van der Waals surface area (Å²) >= 11 is 3.14. The molecule has 0 N–H and O–H groups in total. The van der Waals surface area contributed by atoms with Gasteiger partial charge in [0.2, 0.25) is 0 Å². The van der Waals surface area contributed by atoms with E-state index in [-0.39, 0.29) is 5.69 Å². The summed E-state index contributed by atoms with van der Waals surface area (Å²) in [7, 11) is 0. The number of halogens is 1. The topological polar surface area (TPSA) is 52.3 Å². The van der Waals surface area contributed by atoms with Crippen LogP contribution in [0.15, 0.2) is 29.2 Å². The van der Waals surface area contributed by atoms with Gasteiger partial charge in [-0.25, -0.2) is 4.79 Å². The lowest BCUT2D eigenvalue weighted by Gasteiger charge is -1.91. The van der Waals surface area contributed by atoms with Crippen LogP contribution in [-0.4, -0.2) is 16.5 Å². The van der Waals surface area contributed by atoms with Gasteiger partial charge in [0.25, 0.3) is 0 Å². The Morgan fingerprint density at radius 2 is 2.67 bits per heavy atom. The molecule has 64 valence electrons. The quantitative estimate of drug-likeness (QED) is 0.452. The highest BCUT2D eigenvalue weighted by Crippen LogP contribution is 1.97. The maximum Gasteiger partial charge on any atom is 0.365 e. The van der Waals surface area contributed by atoms with Gasteiger partial charge in [0.1, 0.15) is 6.26 Å². The Balaban J connectivity index is 2.45. The maximum atomic E-state index is 11.0. The van der Waals surface area contributed by atoms with E-state index in [0.717, 1.165) is 0 Å². The number of allylic oxidation sites excluding steroid dienone is 1. The van der Waals surface area contributed by atoms with Gasteiger partial charge in [-0.3, -0.25) is 0 Å². The lowest BCUT2D eigenvalue weighted by Crippen LogP contribution is -2.00. The molecule has 0 saturated carbocycles. The first-order valence-electron chi connectivity index (χ1n) is 3.17. The monoisotopic (exact) mass is 231 g/mol. The van der Waals surface area contributed by atoms with Crippen LogP contribution in [0.4, 0.5) is 0 Å². The number of rotatable bonds is 3. The minimum atomic E-state index is -0.527. The molecule has 1 rings (SSSR count). The molecule has 0 aliphatic heterocycles. The minimum absolute atomic E-state index is 0.161. The van der Waals surface area contributed by atoms with Gasteiger partial charge in [-0.1, -0.05) is 21.1 Å². The predicted octanol–water partition coefficient (Wildman–Crippen LogP) is 1.74. The zero-order chi connectivity index (χ0) is 8.81. The number of aromatic nitrogens is 1. The number of hydrogen-bond donors (Lipinski definition) is 0. The Hall–Kier alpha value is -1.10. The molecular weight excluding hydrogens is 226 g/mol. The Morgan fingerprint density at radius 3 is 3.25 bits per heavy atom. The molecule has 0 bridgehead atoms. The average molecular weight is 232 g/mol. The van der Waals surface area contributed by atoms with E-state index in [9.17, 15) is 4.79 Å². The van der Waals surface area contributed by atoms with E-state index in [4.69, 9.17) is 0 Å². The molecule has 0 aliphatic rings. The molecule has 0 amide bonds. The molecule has 0 spiro atoms. The van der Waals surface area contributed by atoms with E-state index in [1.807, 2.05) is 0 Å². The fourth-order valence-electron chi connectivity index (χ4n) is 0.524. The van der Waals surface area contributed by atoms with Crippen LogP contribution >= 0.6 is 15.9 Å². The summed E-state index contributed by atoms with van der Waals surface area (Å²) in [5.74, 6) is -0.527. The Kier molecular flexibility index (Phi) is 3.53. The van der Waals surface area contributed by atoms with Crippen molar-refractivity contribution in [3.8, 4) is 0 Å². The molecule has 4 nitrogen and oxygen atoms in total. The number of carbonyl (C=O) groups excluding carboxylic acids is 1. The van der Waals surface area contributed by atoms with Crippen LogP contribution in [-0.2, 0) is 4.74 Å². The third-order valence-electron chi connectivity index (χ3n) is 1.01. The van der Waals surface area contributed by atoms with Crippen molar-refractivity contribution in [3.05, 3.63) is 30.4 Å².